The number of nitrogens with one attached hydrogen (secondary N) is 1. The van der Waals surface area contributed by atoms with Gasteiger partial charge in [-0.3, -0.25) is 0 Å². The fraction of sp³-hybridized carbons (Fsp3) is 0.706. The van der Waals surface area contributed by atoms with Crippen LogP contribution in [0.4, 0.5) is 5.82 Å². The fourth-order valence-corrected chi connectivity index (χ4v) is 2.79. The predicted octanol–water partition coefficient (Wildman–Crippen LogP) is 2.93. The molecule has 21 heavy (non-hydrogen) atoms. The Morgan fingerprint density at radius 1 is 1.29 bits per heavy atom. The van der Waals surface area contributed by atoms with Crippen molar-refractivity contribution in [2.45, 2.75) is 59.3 Å². The van der Waals surface area contributed by atoms with Gasteiger partial charge >= 0.3 is 0 Å². The number of pyridine rings is 1. The molecule has 0 amide bonds. The molecule has 1 N–H and O–H groups in total. The van der Waals surface area contributed by atoms with E-state index in [4.69, 9.17) is 9.72 Å². The van der Waals surface area contributed by atoms with Gasteiger partial charge in [0.25, 0.3) is 0 Å². The van der Waals surface area contributed by atoms with Crippen molar-refractivity contribution < 1.29 is 4.74 Å². The van der Waals surface area contributed by atoms with Gasteiger partial charge in [-0.2, -0.15) is 0 Å². The number of morpholine rings is 1. The normalized spacial score (nSPS) is 22.9. The lowest BCUT2D eigenvalue weighted by atomic mass is 10.1. The first-order valence-corrected chi connectivity index (χ1v) is 8.11. The first kappa shape index (κ1) is 16.2. The molecule has 0 unspecified atom stereocenters. The summed E-state index contributed by atoms with van der Waals surface area (Å²) in [6.45, 7) is 14.5. The maximum absolute atomic E-state index is 5.83. The summed E-state index contributed by atoms with van der Waals surface area (Å²) in [6.07, 6.45) is 0.519. The lowest BCUT2D eigenvalue weighted by molar-refractivity contribution is -0.00547. The van der Waals surface area contributed by atoms with Gasteiger partial charge in [-0.25, -0.2) is 4.98 Å². The first-order valence-electron chi connectivity index (χ1n) is 8.11. The molecule has 2 rings (SSSR count). The van der Waals surface area contributed by atoms with Crippen LogP contribution < -0.4 is 10.2 Å². The molecule has 4 nitrogen and oxygen atoms in total. The van der Waals surface area contributed by atoms with E-state index in [0.29, 0.717) is 5.92 Å². The zero-order chi connectivity index (χ0) is 15.4. The van der Waals surface area contributed by atoms with Crippen LogP contribution in [0.3, 0.4) is 0 Å². The van der Waals surface area contributed by atoms with E-state index in [-0.39, 0.29) is 12.2 Å². The van der Waals surface area contributed by atoms with Gasteiger partial charge in [0.05, 0.1) is 12.2 Å². The van der Waals surface area contributed by atoms with E-state index < -0.39 is 0 Å². The summed E-state index contributed by atoms with van der Waals surface area (Å²) in [7, 11) is 0. The van der Waals surface area contributed by atoms with Crippen molar-refractivity contribution in [2.24, 2.45) is 0 Å². The third-order valence-corrected chi connectivity index (χ3v) is 3.81. The zero-order valence-electron chi connectivity index (χ0n) is 14.0. The molecule has 0 bridgehead atoms. The average molecular weight is 291 g/mol. The number of hydrogen-bond donors (Lipinski definition) is 1. The summed E-state index contributed by atoms with van der Waals surface area (Å²) in [4.78, 5) is 7.24. The Morgan fingerprint density at radius 3 is 2.52 bits per heavy atom. The number of ether oxygens (including phenoxy) is 1. The molecule has 1 aliphatic heterocycles. The Kier molecular flexibility index (Phi) is 5.59. The average Bonchev–Trinajstić information content (AvgIpc) is 2.43. The number of anilines is 1. The van der Waals surface area contributed by atoms with Crippen LogP contribution >= 0.6 is 0 Å². The highest BCUT2D eigenvalue weighted by atomic mass is 16.5. The summed E-state index contributed by atoms with van der Waals surface area (Å²) in [5.74, 6) is 1.54. The van der Waals surface area contributed by atoms with Crippen molar-refractivity contribution in [1.82, 2.24) is 10.3 Å². The Morgan fingerprint density at radius 2 is 1.95 bits per heavy atom. The zero-order valence-corrected chi connectivity index (χ0v) is 14.0. The Bertz CT molecular complexity index is 451. The Labute approximate surface area is 128 Å². The number of hydrogen-bond acceptors (Lipinski definition) is 4. The molecule has 118 valence electrons. The van der Waals surface area contributed by atoms with Gasteiger partial charge in [0, 0.05) is 25.3 Å². The highest BCUT2D eigenvalue weighted by molar-refractivity contribution is 5.44. The van der Waals surface area contributed by atoms with E-state index in [9.17, 15) is 0 Å². The minimum atomic E-state index is 0.260. The van der Waals surface area contributed by atoms with Gasteiger partial charge in [-0.15, -0.1) is 0 Å². The maximum Gasteiger partial charge on any atom is 0.129 e. The molecular formula is C17H29N3O. The monoisotopic (exact) mass is 291 g/mol. The Hall–Kier alpha value is -1.13. The molecule has 1 aliphatic rings. The molecule has 0 radical (unpaired) electrons. The topological polar surface area (TPSA) is 37.4 Å². The molecule has 1 aromatic heterocycles. The SMILES string of the molecule is CCNCc1cc(C(C)C)nc(N2C[C@@H](C)O[C@@H](C)C2)c1. The van der Waals surface area contributed by atoms with Crippen LogP contribution in [0.5, 0.6) is 0 Å². The molecule has 0 aliphatic carbocycles. The molecule has 0 aromatic carbocycles. The van der Waals surface area contributed by atoms with Crippen LogP contribution in [0, 0.1) is 0 Å². The second kappa shape index (κ2) is 7.23. The molecular weight excluding hydrogens is 262 g/mol. The quantitative estimate of drug-likeness (QED) is 0.905. The predicted molar refractivity (Wildman–Crippen MR) is 87.9 cm³/mol. The van der Waals surface area contributed by atoms with Gasteiger partial charge < -0.3 is 15.0 Å². The summed E-state index contributed by atoms with van der Waals surface area (Å²) in [5, 5.41) is 3.41. The van der Waals surface area contributed by atoms with Crippen molar-refractivity contribution in [1.29, 1.82) is 0 Å². The van der Waals surface area contributed by atoms with E-state index in [1.807, 2.05) is 0 Å². The number of nitrogens with zero attached hydrogens (tertiary/aromatic N) is 2. The molecule has 4 heteroatoms. The van der Waals surface area contributed by atoms with Gasteiger partial charge in [0.2, 0.25) is 0 Å². The molecule has 2 atom stereocenters. The highest BCUT2D eigenvalue weighted by Crippen LogP contribution is 2.23. The van der Waals surface area contributed by atoms with Crippen LogP contribution in [0.25, 0.3) is 0 Å². The van der Waals surface area contributed by atoms with Gasteiger partial charge in [0.1, 0.15) is 5.82 Å². The smallest absolute Gasteiger partial charge is 0.129 e. The highest BCUT2D eigenvalue weighted by Gasteiger charge is 2.23. The summed E-state index contributed by atoms with van der Waals surface area (Å²) in [5.41, 5.74) is 2.49. The number of aromatic nitrogens is 1. The third-order valence-electron chi connectivity index (χ3n) is 3.81. The lowest BCUT2D eigenvalue weighted by Gasteiger charge is -2.36. The van der Waals surface area contributed by atoms with Crippen LogP contribution in [0.2, 0.25) is 0 Å². The van der Waals surface area contributed by atoms with Crippen molar-refractivity contribution in [3.8, 4) is 0 Å². The van der Waals surface area contributed by atoms with E-state index in [0.717, 1.165) is 32.0 Å². The summed E-state index contributed by atoms with van der Waals surface area (Å²) >= 11 is 0. The van der Waals surface area contributed by atoms with E-state index in [1.54, 1.807) is 0 Å². The molecule has 1 fully saturated rings. The van der Waals surface area contributed by atoms with Gasteiger partial charge in [-0.1, -0.05) is 20.8 Å². The Balaban J connectivity index is 2.26. The fourth-order valence-electron chi connectivity index (χ4n) is 2.79. The second-order valence-electron chi connectivity index (χ2n) is 6.36. The standard InChI is InChI=1S/C17H29N3O/c1-6-18-9-15-7-16(12(2)3)19-17(8-15)20-10-13(4)21-14(5)11-20/h7-8,12-14,18H,6,9-11H2,1-5H3/t13-,14+. The largest absolute Gasteiger partial charge is 0.372 e. The number of rotatable bonds is 5. The van der Waals surface area contributed by atoms with Crippen molar-refractivity contribution in [3.63, 3.8) is 0 Å². The minimum Gasteiger partial charge on any atom is -0.372 e. The first-order chi connectivity index (χ1) is 9.99. The molecule has 1 saturated heterocycles. The van der Waals surface area contributed by atoms with Gasteiger partial charge in [0.15, 0.2) is 0 Å². The van der Waals surface area contributed by atoms with E-state index in [2.05, 4.69) is 57.0 Å². The van der Waals surface area contributed by atoms with E-state index >= 15 is 0 Å². The molecule has 0 spiro atoms. The summed E-state index contributed by atoms with van der Waals surface area (Å²) in [6, 6.07) is 4.45. The lowest BCUT2D eigenvalue weighted by Crippen LogP contribution is -2.46. The van der Waals surface area contributed by atoms with Gasteiger partial charge in [-0.05, 0) is 44.0 Å². The molecule has 0 saturated carbocycles. The third kappa shape index (κ3) is 4.42. The van der Waals surface area contributed by atoms with E-state index in [1.165, 1.54) is 11.3 Å². The van der Waals surface area contributed by atoms with Crippen LogP contribution in [-0.4, -0.2) is 36.8 Å². The molecule has 2 heterocycles. The second-order valence-corrected chi connectivity index (χ2v) is 6.36. The molecule has 1 aromatic rings. The van der Waals surface area contributed by atoms with Crippen LogP contribution in [0.1, 0.15) is 51.8 Å². The van der Waals surface area contributed by atoms with Crippen LogP contribution in [-0.2, 0) is 11.3 Å². The van der Waals surface area contributed by atoms with Crippen molar-refractivity contribution in [2.75, 3.05) is 24.5 Å². The maximum atomic E-state index is 5.83. The van der Waals surface area contributed by atoms with Crippen molar-refractivity contribution in [3.05, 3.63) is 23.4 Å². The van der Waals surface area contributed by atoms with Crippen molar-refractivity contribution >= 4 is 5.82 Å². The summed E-state index contributed by atoms with van der Waals surface area (Å²) < 4.78 is 5.83. The van der Waals surface area contributed by atoms with Crippen LogP contribution in [0.15, 0.2) is 12.1 Å². The minimum absolute atomic E-state index is 0.260.